The van der Waals surface area contributed by atoms with Crippen molar-refractivity contribution in [1.82, 2.24) is 0 Å². The van der Waals surface area contributed by atoms with E-state index in [0.29, 0.717) is 6.61 Å². The number of anilines is 1. The second-order valence-corrected chi connectivity index (χ2v) is 2.90. The standard InChI is InChI=1S/C10H12FNO3/c1-14-2-3-15-10(13)7-4-8(11)6-9(12)5-7/h4-6H,2-3,12H2,1H3. The Morgan fingerprint density at radius 1 is 1.40 bits per heavy atom. The molecular formula is C10H12FNO3. The van der Waals surface area contributed by atoms with Crippen molar-refractivity contribution >= 4 is 11.7 Å². The molecule has 0 heterocycles. The van der Waals surface area contributed by atoms with Crippen LogP contribution in [0.3, 0.4) is 0 Å². The fourth-order valence-electron chi connectivity index (χ4n) is 1.03. The summed E-state index contributed by atoms with van der Waals surface area (Å²) in [5, 5.41) is 0. The van der Waals surface area contributed by atoms with Crippen LogP contribution in [0, 0.1) is 5.82 Å². The molecule has 1 aromatic carbocycles. The number of methoxy groups -OCH3 is 1. The number of esters is 1. The largest absolute Gasteiger partial charge is 0.460 e. The molecule has 4 nitrogen and oxygen atoms in total. The number of rotatable bonds is 4. The van der Waals surface area contributed by atoms with Gasteiger partial charge in [0.05, 0.1) is 12.2 Å². The van der Waals surface area contributed by atoms with Crippen molar-refractivity contribution in [2.45, 2.75) is 0 Å². The molecule has 5 heteroatoms. The summed E-state index contributed by atoms with van der Waals surface area (Å²) in [4.78, 5) is 11.3. The number of carbonyl (C=O) groups is 1. The lowest BCUT2D eigenvalue weighted by molar-refractivity contribution is 0.0387. The van der Waals surface area contributed by atoms with Crippen LogP contribution in [0.2, 0.25) is 0 Å². The highest BCUT2D eigenvalue weighted by atomic mass is 19.1. The maximum atomic E-state index is 12.9. The fraction of sp³-hybridized carbons (Fsp3) is 0.300. The predicted octanol–water partition coefficient (Wildman–Crippen LogP) is 1.21. The Labute approximate surface area is 86.8 Å². The molecule has 0 atom stereocenters. The van der Waals surface area contributed by atoms with Crippen LogP contribution < -0.4 is 5.73 Å². The van der Waals surface area contributed by atoms with Crippen molar-refractivity contribution < 1.29 is 18.7 Å². The molecule has 0 aliphatic heterocycles. The van der Waals surface area contributed by atoms with Gasteiger partial charge in [-0.25, -0.2) is 9.18 Å². The SMILES string of the molecule is COCCOC(=O)c1cc(N)cc(F)c1. The van der Waals surface area contributed by atoms with Gasteiger partial charge in [0.25, 0.3) is 0 Å². The van der Waals surface area contributed by atoms with Gasteiger partial charge in [0.1, 0.15) is 12.4 Å². The van der Waals surface area contributed by atoms with Crippen molar-refractivity contribution in [3.63, 3.8) is 0 Å². The van der Waals surface area contributed by atoms with Gasteiger partial charge in [0.2, 0.25) is 0 Å². The quantitative estimate of drug-likeness (QED) is 0.464. The molecule has 0 saturated carbocycles. The van der Waals surface area contributed by atoms with E-state index in [1.807, 2.05) is 0 Å². The van der Waals surface area contributed by atoms with E-state index < -0.39 is 11.8 Å². The van der Waals surface area contributed by atoms with Gasteiger partial charge < -0.3 is 15.2 Å². The molecule has 15 heavy (non-hydrogen) atoms. The molecule has 0 bridgehead atoms. The molecule has 82 valence electrons. The second-order valence-electron chi connectivity index (χ2n) is 2.90. The predicted molar refractivity (Wildman–Crippen MR) is 53.0 cm³/mol. The zero-order chi connectivity index (χ0) is 11.3. The third kappa shape index (κ3) is 3.55. The maximum Gasteiger partial charge on any atom is 0.338 e. The topological polar surface area (TPSA) is 61.5 Å². The second kappa shape index (κ2) is 5.31. The zero-order valence-electron chi connectivity index (χ0n) is 8.33. The average Bonchev–Trinajstić information content (AvgIpc) is 2.16. The number of nitrogens with two attached hydrogens (primary N) is 1. The van der Waals surface area contributed by atoms with E-state index in [1.54, 1.807) is 0 Å². The summed E-state index contributed by atoms with van der Waals surface area (Å²) >= 11 is 0. The lowest BCUT2D eigenvalue weighted by Crippen LogP contribution is -2.10. The number of hydrogen-bond acceptors (Lipinski definition) is 4. The van der Waals surface area contributed by atoms with Crippen LogP contribution >= 0.6 is 0 Å². The molecule has 1 aromatic rings. The maximum absolute atomic E-state index is 12.9. The van der Waals surface area contributed by atoms with Crippen LogP contribution in [0.25, 0.3) is 0 Å². The van der Waals surface area contributed by atoms with Crippen LogP contribution in [0.4, 0.5) is 10.1 Å². The summed E-state index contributed by atoms with van der Waals surface area (Å²) in [5.74, 6) is -1.17. The van der Waals surface area contributed by atoms with Gasteiger partial charge in [0, 0.05) is 12.8 Å². The number of nitrogen functional groups attached to an aromatic ring is 1. The Morgan fingerprint density at radius 3 is 2.73 bits per heavy atom. The first-order chi connectivity index (χ1) is 7.13. The Bertz CT molecular complexity index is 334. The number of benzene rings is 1. The van der Waals surface area contributed by atoms with Gasteiger partial charge in [-0.2, -0.15) is 0 Å². The Morgan fingerprint density at radius 2 is 2.13 bits per heavy atom. The lowest BCUT2D eigenvalue weighted by atomic mass is 10.2. The zero-order valence-corrected chi connectivity index (χ0v) is 8.33. The first kappa shape index (κ1) is 11.5. The smallest absolute Gasteiger partial charge is 0.338 e. The Kier molecular flexibility index (Phi) is 4.05. The van der Waals surface area contributed by atoms with Crippen molar-refractivity contribution in [1.29, 1.82) is 0 Å². The summed E-state index contributed by atoms with van der Waals surface area (Å²) in [6.45, 7) is 0.433. The molecule has 0 aliphatic carbocycles. The van der Waals surface area contributed by atoms with Crippen LogP contribution in [-0.2, 0) is 9.47 Å². The highest BCUT2D eigenvalue weighted by molar-refractivity contribution is 5.90. The van der Waals surface area contributed by atoms with Gasteiger partial charge >= 0.3 is 5.97 Å². The van der Waals surface area contributed by atoms with Gasteiger partial charge in [-0.05, 0) is 18.2 Å². The molecule has 0 spiro atoms. The van der Waals surface area contributed by atoms with E-state index in [9.17, 15) is 9.18 Å². The Balaban J connectivity index is 2.65. The van der Waals surface area contributed by atoms with E-state index in [-0.39, 0.29) is 17.9 Å². The summed E-state index contributed by atoms with van der Waals surface area (Å²) in [7, 11) is 1.49. The van der Waals surface area contributed by atoms with Gasteiger partial charge in [-0.15, -0.1) is 0 Å². The molecule has 0 amide bonds. The van der Waals surface area contributed by atoms with Crippen molar-refractivity contribution in [3.8, 4) is 0 Å². The number of hydrogen-bond donors (Lipinski definition) is 1. The minimum absolute atomic E-state index is 0.101. The Hall–Kier alpha value is -1.62. The molecule has 2 N–H and O–H groups in total. The lowest BCUT2D eigenvalue weighted by Gasteiger charge is -2.04. The molecule has 0 radical (unpaired) electrons. The molecule has 0 aromatic heterocycles. The highest BCUT2D eigenvalue weighted by Crippen LogP contribution is 2.11. The van der Waals surface area contributed by atoms with E-state index in [0.717, 1.165) is 12.1 Å². The minimum Gasteiger partial charge on any atom is -0.460 e. The summed E-state index contributed by atoms with van der Waals surface area (Å²) < 4.78 is 22.4. The number of carbonyl (C=O) groups excluding carboxylic acids is 1. The summed E-state index contributed by atoms with van der Waals surface area (Å²) in [5.41, 5.74) is 5.67. The van der Waals surface area contributed by atoms with E-state index in [4.69, 9.17) is 15.2 Å². The third-order valence-electron chi connectivity index (χ3n) is 1.68. The monoisotopic (exact) mass is 213 g/mol. The van der Waals surface area contributed by atoms with Crippen molar-refractivity contribution in [2.24, 2.45) is 0 Å². The van der Waals surface area contributed by atoms with Crippen LogP contribution in [0.15, 0.2) is 18.2 Å². The van der Waals surface area contributed by atoms with Crippen LogP contribution in [-0.4, -0.2) is 26.3 Å². The first-order valence-corrected chi connectivity index (χ1v) is 4.35. The van der Waals surface area contributed by atoms with Crippen molar-refractivity contribution in [2.75, 3.05) is 26.1 Å². The van der Waals surface area contributed by atoms with E-state index in [1.165, 1.54) is 13.2 Å². The molecular weight excluding hydrogens is 201 g/mol. The summed E-state index contributed by atoms with van der Waals surface area (Å²) in [6, 6.07) is 3.57. The van der Waals surface area contributed by atoms with Crippen molar-refractivity contribution in [3.05, 3.63) is 29.6 Å². The number of halogens is 1. The van der Waals surface area contributed by atoms with Gasteiger partial charge in [-0.1, -0.05) is 0 Å². The van der Waals surface area contributed by atoms with Gasteiger partial charge in [0.15, 0.2) is 0 Å². The molecule has 1 rings (SSSR count). The third-order valence-corrected chi connectivity index (χ3v) is 1.68. The van der Waals surface area contributed by atoms with Gasteiger partial charge in [-0.3, -0.25) is 0 Å². The number of ether oxygens (including phenoxy) is 2. The highest BCUT2D eigenvalue weighted by Gasteiger charge is 2.09. The summed E-state index contributed by atoms with van der Waals surface area (Å²) in [6.07, 6.45) is 0. The van der Waals surface area contributed by atoms with E-state index in [2.05, 4.69) is 0 Å². The minimum atomic E-state index is -0.613. The molecule has 0 aliphatic rings. The first-order valence-electron chi connectivity index (χ1n) is 4.35. The molecule has 0 saturated heterocycles. The molecule has 0 unspecified atom stereocenters. The molecule has 0 fully saturated rings. The average molecular weight is 213 g/mol. The normalized spacial score (nSPS) is 10.0. The van der Waals surface area contributed by atoms with E-state index >= 15 is 0 Å². The van der Waals surface area contributed by atoms with Crippen LogP contribution in [0.5, 0.6) is 0 Å². The fourth-order valence-corrected chi connectivity index (χ4v) is 1.03. The van der Waals surface area contributed by atoms with Crippen LogP contribution in [0.1, 0.15) is 10.4 Å².